The number of halogens is 1. The number of nitrogens with one attached hydrogen (secondary N) is 1. The summed E-state index contributed by atoms with van der Waals surface area (Å²) in [4.78, 5) is 0. The fourth-order valence-electron chi connectivity index (χ4n) is 2.47. The Kier molecular flexibility index (Phi) is 5.51. The molecule has 1 heterocycles. The molecule has 0 radical (unpaired) electrons. The fraction of sp³-hybridized carbons (Fsp3) is 0.571. The molecular formula is C14H20BrNO4S. The second-order valence-electron chi connectivity index (χ2n) is 5.13. The third kappa shape index (κ3) is 4.34. The van der Waals surface area contributed by atoms with Crippen LogP contribution in [0.5, 0.6) is 11.5 Å². The normalized spacial score (nSPS) is 21.0. The van der Waals surface area contributed by atoms with Crippen molar-refractivity contribution in [1.29, 1.82) is 0 Å². The molecule has 1 fully saturated rings. The summed E-state index contributed by atoms with van der Waals surface area (Å²) in [6.45, 7) is 0.584. The van der Waals surface area contributed by atoms with Crippen LogP contribution in [0, 0.1) is 0 Å². The molecule has 1 aromatic rings. The summed E-state index contributed by atoms with van der Waals surface area (Å²) in [6, 6.07) is 3.77. The quantitative estimate of drug-likeness (QED) is 0.851. The van der Waals surface area contributed by atoms with Crippen LogP contribution in [0.3, 0.4) is 0 Å². The zero-order valence-corrected chi connectivity index (χ0v) is 14.6. The van der Waals surface area contributed by atoms with Crippen LogP contribution in [-0.4, -0.2) is 40.2 Å². The molecule has 1 aliphatic rings. The molecular weight excluding hydrogens is 358 g/mol. The van der Waals surface area contributed by atoms with Gasteiger partial charge in [-0.1, -0.05) is 15.9 Å². The first-order valence-corrected chi connectivity index (χ1v) is 9.41. The maximum Gasteiger partial charge on any atom is 0.161 e. The molecule has 2 rings (SSSR count). The molecule has 0 bridgehead atoms. The zero-order valence-electron chi connectivity index (χ0n) is 12.2. The average Bonchev–Trinajstić information content (AvgIpc) is 2.44. The van der Waals surface area contributed by atoms with E-state index in [0.717, 1.165) is 22.9 Å². The lowest BCUT2D eigenvalue weighted by Crippen LogP contribution is -2.39. The first-order valence-electron chi connectivity index (χ1n) is 6.79. The molecule has 0 amide bonds. The number of ether oxygens (including phenoxy) is 2. The Morgan fingerprint density at radius 1 is 1.29 bits per heavy atom. The van der Waals surface area contributed by atoms with Gasteiger partial charge in [0.1, 0.15) is 0 Å². The smallest absolute Gasteiger partial charge is 0.161 e. The highest BCUT2D eigenvalue weighted by Crippen LogP contribution is 2.33. The molecule has 0 aromatic heterocycles. The molecule has 1 N–H and O–H groups in total. The Bertz CT molecular complexity index is 603. The summed E-state index contributed by atoms with van der Waals surface area (Å²) in [5.41, 5.74) is 1.01. The van der Waals surface area contributed by atoms with E-state index in [1.807, 2.05) is 12.1 Å². The van der Waals surface area contributed by atoms with Gasteiger partial charge in [0, 0.05) is 17.1 Å². The van der Waals surface area contributed by atoms with E-state index in [4.69, 9.17) is 9.47 Å². The van der Waals surface area contributed by atoms with Crippen molar-refractivity contribution in [2.24, 2.45) is 0 Å². The Morgan fingerprint density at radius 2 is 1.95 bits per heavy atom. The summed E-state index contributed by atoms with van der Waals surface area (Å²) >= 11 is 3.50. The monoisotopic (exact) mass is 377 g/mol. The summed E-state index contributed by atoms with van der Waals surface area (Å²) < 4.78 is 34.7. The molecule has 1 unspecified atom stereocenters. The highest BCUT2D eigenvalue weighted by Gasteiger charge is 2.24. The maximum absolute atomic E-state index is 11.6. The van der Waals surface area contributed by atoms with Gasteiger partial charge in [-0.2, -0.15) is 0 Å². The van der Waals surface area contributed by atoms with Gasteiger partial charge in [0.25, 0.3) is 0 Å². The predicted octanol–water partition coefficient (Wildman–Crippen LogP) is 2.13. The molecule has 5 nitrogen and oxygen atoms in total. The van der Waals surface area contributed by atoms with Crippen LogP contribution < -0.4 is 14.8 Å². The highest BCUT2D eigenvalue weighted by atomic mass is 79.9. The van der Waals surface area contributed by atoms with Crippen molar-refractivity contribution >= 4 is 25.8 Å². The third-order valence-electron chi connectivity index (χ3n) is 3.60. The molecule has 1 aromatic carbocycles. The summed E-state index contributed by atoms with van der Waals surface area (Å²) in [5, 5.41) is 3.32. The van der Waals surface area contributed by atoms with Gasteiger partial charge in [-0.25, -0.2) is 8.42 Å². The van der Waals surface area contributed by atoms with Crippen molar-refractivity contribution in [3.63, 3.8) is 0 Å². The van der Waals surface area contributed by atoms with Gasteiger partial charge in [0.15, 0.2) is 21.3 Å². The molecule has 7 heteroatoms. The summed E-state index contributed by atoms with van der Waals surface area (Å²) in [7, 11) is 0.297. The maximum atomic E-state index is 11.6. The van der Waals surface area contributed by atoms with E-state index in [-0.39, 0.29) is 11.8 Å². The lowest BCUT2D eigenvalue weighted by atomic mass is 10.1. The van der Waals surface area contributed by atoms with Crippen LogP contribution in [0.15, 0.2) is 16.6 Å². The molecule has 0 spiro atoms. The van der Waals surface area contributed by atoms with E-state index < -0.39 is 9.84 Å². The standard InChI is InChI=1S/C14H20BrNO4S/c1-19-13-6-10(12(15)7-14(13)20-2)8-16-11-4-3-5-21(17,18)9-11/h6-7,11,16H,3-5,8-9H2,1-2H3. The second-order valence-corrected chi connectivity index (χ2v) is 8.22. The minimum atomic E-state index is -2.89. The van der Waals surface area contributed by atoms with E-state index >= 15 is 0 Å². The van der Waals surface area contributed by atoms with Gasteiger partial charge < -0.3 is 14.8 Å². The Hall–Kier alpha value is -0.790. The van der Waals surface area contributed by atoms with E-state index in [0.29, 0.717) is 23.8 Å². The minimum Gasteiger partial charge on any atom is -0.493 e. The van der Waals surface area contributed by atoms with E-state index in [2.05, 4.69) is 21.2 Å². The van der Waals surface area contributed by atoms with Crippen LogP contribution in [0.4, 0.5) is 0 Å². The third-order valence-corrected chi connectivity index (χ3v) is 6.16. The van der Waals surface area contributed by atoms with Crippen molar-refractivity contribution in [2.45, 2.75) is 25.4 Å². The van der Waals surface area contributed by atoms with E-state index in [9.17, 15) is 8.42 Å². The zero-order chi connectivity index (χ0) is 15.5. The van der Waals surface area contributed by atoms with Crippen molar-refractivity contribution in [2.75, 3.05) is 25.7 Å². The van der Waals surface area contributed by atoms with E-state index in [1.54, 1.807) is 14.2 Å². The Morgan fingerprint density at radius 3 is 2.57 bits per heavy atom. The lowest BCUT2D eigenvalue weighted by Gasteiger charge is -2.23. The predicted molar refractivity (Wildman–Crippen MR) is 85.8 cm³/mol. The largest absolute Gasteiger partial charge is 0.493 e. The first-order chi connectivity index (χ1) is 9.95. The van der Waals surface area contributed by atoms with Gasteiger partial charge >= 0.3 is 0 Å². The SMILES string of the molecule is COc1cc(Br)c(CNC2CCCS(=O)(=O)C2)cc1OC. The van der Waals surface area contributed by atoms with Gasteiger partial charge in [-0.05, 0) is 30.5 Å². The summed E-state index contributed by atoms with van der Waals surface area (Å²) in [5.74, 6) is 1.85. The van der Waals surface area contributed by atoms with Crippen molar-refractivity contribution in [3.8, 4) is 11.5 Å². The lowest BCUT2D eigenvalue weighted by molar-refractivity contribution is 0.354. The molecule has 21 heavy (non-hydrogen) atoms. The number of rotatable bonds is 5. The molecule has 1 atom stereocenters. The Labute approximate surface area is 134 Å². The van der Waals surface area contributed by atoms with Crippen molar-refractivity contribution in [1.82, 2.24) is 5.32 Å². The van der Waals surface area contributed by atoms with E-state index in [1.165, 1.54) is 0 Å². The van der Waals surface area contributed by atoms with Crippen molar-refractivity contribution in [3.05, 3.63) is 22.2 Å². The topological polar surface area (TPSA) is 64.6 Å². The number of benzene rings is 1. The minimum absolute atomic E-state index is 0.0174. The number of methoxy groups -OCH3 is 2. The van der Waals surface area contributed by atoms with Gasteiger partial charge in [0.05, 0.1) is 25.7 Å². The van der Waals surface area contributed by atoms with Crippen LogP contribution in [-0.2, 0) is 16.4 Å². The number of sulfone groups is 1. The van der Waals surface area contributed by atoms with Gasteiger partial charge in [0.2, 0.25) is 0 Å². The number of hydrogen-bond acceptors (Lipinski definition) is 5. The van der Waals surface area contributed by atoms with Crippen molar-refractivity contribution < 1.29 is 17.9 Å². The second kappa shape index (κ2) is 6.98. The molecule has 118 valence electrons. The molecule has 0 saturated carbocycles. The van der Waals surface area contributed by atoms with Gasteiger partial charge in [-0.3, -0.25) is 0 Å². The molecule has 1 aliphatic heterocycles. The average molecular weight is 378 g/mol. The number of hydrogen-bond donors (Lipinski definition) is 1. The molecule has 0 aliphatic carbocycles. The highest BCUT2D eigenvalue weighted by molar-refractivity contribution is 9.10. The molecule has 1 saturated heterocycles. The fourth-order valence-corrected chi connectivity index (χ4v) is 4.60. The first kappa shape index (κ1) is 16.6. The van der Waals surface area contributed by atoms with Crippen LogP contribution >= 0.6 is 15.9 Å². The summed E-state index contributed by atoms with van der Waals surface area (Å²) in [6.07, 6.45) is 1.62. The van der Waals surface area contributed by atoms with Crippen LogP contribution in [0.2, 0.25) is 0 Å². The van der Waals surface area contributed by atoms with Crippen LogP contribution in [0.25, 0.3) is 0 Å². The Balaban J connectivity index is 2.06. The van der Waals surface area contributed by atoms with Crippen LogP contribution in [0.1, 0.15) is 18.4 Å². The van der Waals surface area contributed by atoms with Gasteiger partial charge in [-0.15, -0.1) is 0 Å².